The number of allylic oxidation sites excluding steroid dienone is 2. The molecule has 0 aromatic carbocycles. The number of hydrogen-bond donors (Lipinski definition) is 1. The summed E-state index contributed by atoms with van der Waals surface area (Å²) >= 11 is 10.9. The third-order valence-electron chi connectivity index (χ3n) is 0.641. The molecule has 0 radical (unpaired) electrons. The van der Waals surface area contributed by atoms with Crippen LogP contribution in [0.25, 0.3) is 0 Å². The van der Waals surface area contributed by atoms with Gasteiger partial charge < -0.3 is 4.84 Å². The molecule has 1 aliphatic rings. The molecule has 0 unspecified atom stereocenters. The molecular weight excluding hydrogens is 149 g/mol. The molecule has 0 aromatic rings. The lowest BCUT2D eigenvalue weighted by atomic mass is 10.5. The smallest absolute Gasteiger partial charge is 0.156 e. The van der Waals surface area contributed by atoms with E-state index in [4.69, 9.17) is 23.2 Å². The molecule has 1 heterocycles. The summed E-state index contributed by atoms with van der Waals surface area (Å²) in [4.78, 5) is 4.55. The topological polar surface area (TPSA) is 21.3 Å². The molecule has 0 bridgehead atoms. The van der Waals surface area contributed by atoms with E-state index in [9.17, 15) is 0 Å². The first-order valence-corrected chi connectivity index (χ1v) is 2.70. The zero-order valence-electron chi connectivity index (χ0n) is 3.82. The zero-order chi connectivity index (χ0) is 5.98. The van der Waals surface area contributed by atoms with Crippen molar-refractivity contribution in [2.24, 2.45) is 0 Å². The van der Waals surface area contributed by atoms with E-state index in [-0.39, 0.29) is 0 Å². The fourth-order valence-electron chi connectivity index (χ4n) is 0.301. The van der Waals surface area contributed by atoms with Crippen molar-refractivity contribution in [2.45, 2.75) is 0 Å². The number of hydrogen-bond acceptors (Lipinski definition) is 2. The maximum Gasteiger partial charge on any atom is 0.156 e. The van der Waals surface area contributed by atoms with Crippen molar-refractivity contribution in [3.63, 3.8) is 0 Å². The Bertz CT molecular complexity index is 152. The minimum Gasteiger partial charge on any atom is -0.389 e. The maximum atomic E-state index is 5.49. The van der Waals surface area contributed by atoms with Gasteiger partial charge in [0.1, 0.15) is 6.26 Å². The number of hydroxylamine groups is 1. The average molecular weight is 152 g/mol. The largest absolute Gasteiger partial charge is 0.389 e. The Morgan fingerprint density at radius 1 is 1.50 bits per heavy atom. The molecule has 2 nitrogen and oxygen atoms in total. The normalized spacial score (nSPS) is 17.8. The summed E-state index contributed by atoms with van der Waals surface area (Å²) in [6, 6.07) is 0. The fourth-order valence-corrected chi connectivity index (χ4v) is 0.499. The lowest BCUT2D eigenvalue weighted by Crippen LogP contribution is -2.09. The molecule has 0 saturated heterocycles. The van der Waals surface area contributed by atoms with E-state index >= 15 is 0 Å². The molecule has 0 saturated carbocycles. The van der Waals surface area contributed by atoms with Gasteiger partial charge in [0.15, 0.2) is 5.16 Å². The van der Waals surface area contributed by atoms with E-state index in [0.717, 1.165) is 0 Å². The van der Waals surface area contributed by atoms with Gasteiger partial charge in [-0.2, -0.15) is 0 Å². The van der Waals surface area contributed by atoms with Crippen LogP contribution in [-0.4, -0.2) is 0 Å². The van der Waals surface area contributed by atoms with Crippen molar-refractivity contribution in [2.75, 3.05) is 0 Å². The molecule has 8 heavy (non-hydrogen) atoms. The van der Waals surface area contributed by atoms with Gasteiger partial charge in [-0.05, 0) is 6.08 Å². The van der Waals surface area contributed by atoms with Gasteiger partial charge in [0.25, 0.3) is 0 Å². The van der Waals surface area contributed by atoms with Crippen molar-refractivity contribution < 1.29 is 4.84 Å². The van der Waals surface area contributed by atoms with Crippen molar-refractivity contribution in [3.8, 4) is 0 Å². The molecule has 4 heteroatoms. The number of nitrogens with one attached hydrogen (secondary N) is 1. The molecule has 0 fully saturated rings. The number of halogens is 2. The van der Waals surface area contributed by atoms with Gasteiger partial charge in [0, 0.05) is 0 Å². The molecular formula is C4H3Cl2NO. The Labute approximate surface area is 56.7 Å². The summed E-state index contributed by atoms with van der Waals surface area (Å²) in [6.07, 6.45) is 2.97. The van der Waals surface area contributed by atoms with Gasteiger partial charge in [-0.25, -0.2) is 5.48 Å². The Hall–Kier alpha value is -0.340. The van der Waals surface area contributed by atoms with Crippen LogP contribution in [0.15, 0.2) is 22.5 Å². The van der Waals surface area contributed by atoms with Crippen LogP contribution in [-0.2, 0) is 4.84 Å². The van der Waals surface area contributed by atoms with E-state index in [1.165, 1.54) is 6.26 Å². The third kappa shape index (κ3) is 1.08. The quantitative estimate of drug-likeness (QED) is 0.533. The van der Waals surface area contributed by atoms with Crippen LogP contribution in [0.1, 0.15) is 0 Å². The Morgan fingerprint density at radius 2 is 2.25 bits per heavy atom. The fraction of sp³-hybridized carbons (Fsp3) is 0. The van der Waals surface area contributed by atoms with E-state index in [2.05, 4.69) is 10.3 Å². The van der Waals surface area contributed by atoms with E-state index < -0.39 is 0 Å². The van der Waals surface area contributed by atoms with Gasteiger partial charge in [0.2, 0.25) is 0 Å². The minimum atomic E-state index is 0.314. The van der Waals surface area contributed by atoms with Crippen molar-refractivity contribution in [1.82, 2.24) is 5.48 Å². The molecule has 0 spiro atoms. The molecule has 0 amide bonds. The summed E-state index contributed by atoms with van der Waals surface area (Å²) in [5, 5.41) is 0.770. The van der Waals surface area contributed by atoms with Crippen molar-refractivity contribution in [3.05, 3.63) is 22.5 Å². The minimum absolute atomic E-state index is 0.314. The van der Waals surface area contributed by atoms with Crippen LogP contribution >= 0.6 is 23.2 Å². The van der Waals surface area contributed by atoms with Crippen LogP contribution in [0.4, 0.5) is 0 Å². The van der Waals surface area contributed by atoms with Crippen LogP contribution in [0.2, 0.25) is 0 Å². The Balaban J connectivity index is 2.76. The first-order chi connectivity index (χ1) is 3.80. The standard InChI is InChI=1S/C4H3Cl2NO/c5-3-1-2-8-7-4(3)6/h1-2,7H. The Morgan fingerprint density at radius 3 is 2.62 bits per heavy atom. The van der Waals surface area contributed by atoms with Crippen LogP contribution < -0.4 is 5.48 Å². The second-order valence-corrected chi connectivity index (χ2v) is 1.97. The first-order valence-electron chi connectivity index (χ1n) is 1.94. The van der Waals surface area contributed by atoms with E-state index in [1.54, 1.807) is 6.08 Å². The second-order valence-electron chi connectivity index (χ2n) is 1.18. The first kappa shape index (κ1) is 5.79. The Kier molecular flexibility index (Phi) is 1.65. The average Bonchev–Trinajstić information content (AvgIpc) is 1.77. The molecule has 1 N–H and O–H groups in total. The maximum absolute atomic E-state index is 5.49. The molecule has 1 aliphatic heterocycles. The summed E-state index contributed by atoms with van der Waals surface area (Å²) in [6.45, 7) is 0. The summed E-state index contributed by atoms with van der Waals surface area (Å²) in [5.74, 6) is 0. The lowest BCUT2D eigenvalue weighted by molar-refractivity contribution is 0.167. The predicted octanol–water partition coefficient (Wildman–Crippen LogP) is 1.68. The highest BCUT2D eigenvalue weighted by molar-refractivity contribution is 6.39. The monoisotopic (exact) mass is 151 g/mol. The summed E-state index contributed by atoms with van der Waals surface area (Å²) in [5.41, 5.74) is 2.36. The molecule has 44 valence electrons. The second kappa shape index (κ2) is 2.29. The zero-order valence-corrected chi connectivity index (χ0v) is 5.33. The van der Waals surface area contributed by atoms with Crippen LogP contribution in [0.5, 0.6) is 0 Å². The van der Waals surface area contributed by atoms with Gasteiger partial charge in [-0.3, -0.25) is 0 Å². The number of rotatable bonds is 0. The van der Waals surface area contributed by atoms with E-state index in [1.807, 2.05) is 0 Å². The van der Waals surface area contributed by atoms with Gasteiger partial charge >= 0.3 is 0 Å². The van der Waals surface area contributed by atoms with Gasteiger partial charge in [-0.1, -0.05) is 23.2 Å². The highest BCUT2D eigenvalue weighted by Crippen LogP contribution is 2.14. The van der Waals surface area contributed by atoms with Crippen molar-refractivity contribution >= 4 is 23.2 Å². The highest BCUT2D eigenvalue weighted by atomic mass is 35.5. The predicted molar refractivity (Wildman–Crippen MR) is 32.1 cm³/mol. The highest BCUT2D eigenvalue weighted by Gasteiger charge is 2.00. The SMILES string of the molecule is ClC1=C(Cl)NOC=C1. The van der Waals surface area contributed by atoms with Crippen LogP contribution in [0.3, 0.4) is 0 Å². The lowest BCUT2D eigenvalue weighted by Gasteiger charge is -2.06. The van der Waals surface area contributed by atoms with Gasteiger partial charge in [-0.15, -0.1) is 0 Å². The summed E-state index contributed by atoms with van der Waals surface area (Å²) in [7, 11) is 0. The van der Waals surface area contributed by atoms with E-state index in [0.29, 0.717) is 10.2 Å². The third-order valence-corrected chi connectivity index (χ3v) is 1.33. The molecule has 0 aliphatic carbocycles. The molecule has 0 aromatic heterocycles. The van der Waals surface area contributed by atoms with Crippen molar-refractivity contribution in [1.29, 1.82) is 0 Å². The molecule has 0 atom stereocenters. The van der Waals surface area contributed by atoms with Crippen LogP contribution in [0, 0.1) is 0 Å². The molecule has 1 rings (SSSR count). The summed E-state index contributed by atoms with van der Waals surface area (Å²) < 4.78 is 0. The van der Waals surface area contributed by atoms with Gasteiger partial charge in [0.05, 0.1) is 5.03 Å².